The van der Waals surface area contributed by atoms with Crippen LogP contribution in [0.1, 0.15) is 23.1 Å². The molecule has 0 aliphatic carbocycles. The number of carbonyl (C=O) groups is 1. The molecule has 2 aromatic heterocycles. The Balaban J connectivity index is 1.66. The van der Waals surface area contributed by atoms with Crippen LogP contribution in [0.5, 0.6) is 0 Å². The molecular formula is C24H21Cl2N3O. The number of hydrogen-bond acceptors (Lipinski definition) is 2. The lowest BCUT2D eigenvalue weighted by atomic mass is 10.1. The molecule has 1 N–H and O–H groups in total. The van der Waals surface area contributed by atoms with Gasteiger partial charge in [-0.15, -0.1) is 0 Å². The van der Waals surface area contributed by atoms with Gasteiger partial charge in [-0.2, -0.15) is 0 Å². The summed E-state index contributed by atoms with van der Waals surface area (Å²) in [6, 6.07) is 17.5. The van der Waals surface area contributed by atoms with E-state index in [1.54, 1.807) is 12.1 Å². The van der Waals surface area contributed by atoms with E-state index in [9.17, 15) is 4.79 Å². The van der Waals surface area contributed by atoms with E-state index in [0.29, 0.717) is 34.4 Å². The third-order valence-corrected chi connectivity index (χ3v) is 5.80. The molecule has 0 spiro atoms. The summed E-state index contributed by atoms with van der Waals surface area (Å²) in [6.07, 6.45) is 2.94. The lowest BCUT2D eigenvalue weighted by Crippen LogP contribution is -2.14. The Kier molecular flexibility index (Phi) is 5.80. The number of pyridine rings is 1. The Morgan fingerprint density at radius 2 is 1.80 bits per heavy atom. The summed E-state index contributed by atoms with van der Waals surface area (Å²) in [5, 5.41) is 3.98. The van der Waals surface area contributed by atoms with Crippen molar-refractivity contribution < 1.29 is 4.79 Å². The molecule has 1 amide bonds. The number of nitrogens with one attached hydrogen (secondary N) is 1. The fourth-order valence-corrected chi connectivity index (χ4v) is 3.67. The SMILES string of the molecule is Cc1ccc(CCC(=O)Nc2c(-c3ccc(Cl)c(Cl)c3)nc3c(C)cccn23)cc1. The fraction of sp³-hybridized carbons (Fsp3) is 0.167. The van der Waals surface area contributed by atoms with Crippen molar-refractivity contribution in [3.05, 3.63) is 87.5 Å². The van der Waals surface area contributed by atoms with Crippen LogP contribution in [0.15, 0.2) is 60.8 Å². The molecule has 2 heterocycles. The van der Waals surface area contributed by atoms with E-state index >= 15 is 0 Å². The number of benzene rings is 2. The summed E-state index contributed by atoms with van der Waals surface area (Å²) in [5.74, 6) is 0.557. The van der Waals surface area contributed by atoms with Gasteiger partial charge in [-0.25, -0.2) is 4.98 Å². The van der Waals surface area contributed by atoms with E-state index in [4.69, 9.17) is 28.2 Å². The Labute approximate surface area is 185 Å². The highest BCUT2D eigenvalue weighted by Crippen LogP contribution is 2.33. The molecule has 152 valence electrons. The molecule has 4 nitrogen and oxygen atoms in total. The molecule has 0 fully saturated rings. The zero-order valence-corrected chi connectivity index (χ0v) is 18.3. The number of anilines is 1. The van der Waals surface area contributed by atoms with Crippen molar-refractivity contribution in [1.29, 1.82) is 0 Å². The smallest absolute Gasteiger partial charge is 0.225 e. The van der Waals surface area contributed by atoms with Crippen molar-refractivity contribution in [2.45, 2.75) is 26.7 Å². The molecule has 2 aromatic carbocycles. The Hall–Kier alpha value is -2.82. The standard InChI is InChI=1S/C24H21Cl2N3O/c1-15-5-7-17(8-6-15)9-12-21(30)27-24-22(18-10-11-19(25)20(26)14-18)28-23-16(2)4-3-13-29(23)24/h3-8,10-11,13-14H,9,12H2,1-2H3,(H,27,30). The van der Waals surface area contributed by atoms with E-state index < -0.39 is 0 Å². The van der Waals surface area contributed by atoms with E-state index in [0.717, 1.165) is 22.3 Å². The van der Waals surface area contributed by atoms with Crippen LogP contribution >= 0.6 is 23.2 Å². The molecule has 0 unspecified atom stereocenters. The molecule has 30 heavy (non-hydrogen) atoms. The van der Waals surface area contributed by atoms with Gasteiger partial charge in [0.05, 0.1) is 10.0 Å². The van der Waals surface area contributed by atoms with Gasteiger partial charge in [-0.3, -0.25) is 9.20 Å². The lowest BCUT2D eigenvalue weighted by molar-refractivity contribution is -0.116. The third-order valence-electron chi connectivity index (χ3n) is 5.06. The first-order chi connectivity index (χ1) is 14.4. The minimum Gasteiger partial charge on any atom is -0.310 e. The van der Waals surface area contributed by atoms with Crippen LogP contribution in [-0.2, 0) is 11.2 Å². The zero-order valence-electron chi connectivity index (χ0n) is 16.7. The molecular weight excluding hydrogens is 417 g/mol. The molecule has 0 aliphatic heterocycles. The summed E-state index contributed by atoms with van der Waals surface area (Å²) >= 11 is 12.3. The lowest BCUT2D eigenvalue weighted by Gasteiger charge is -2.09. The normalized spacial score (nSPS) is 11.1. The van der Waals surface area contributed by atoms with Crippen LogP contribution in [0.4, 0.5) is 5.82 Å². The van der Waals surface area contributed by atoms with Crippen LogP contribution < -0.4 is 5.32 Å². The highest BCUT2D eigenvalue weighted by molar-refractivity contribution is 6.42. The van der Waals surface area contributed by atoms with Gasteiger partial charge in [0.15, 0.2) is 0 Å². The Bertz CT molecular complexity index is 1230. The van der Waals surface area contributed by atoms with Crippen molar-refractivity contribution in [3.63, 3.8) is 0 Å². The molecule has 0 saturated carbocycles. The average Bonchev–Trinajstić information content (AvgIpc) is 3.09. The van der Waals surface area contributed by atoms with Gasteiger partial charge in [0.2, 0.25) is 5.91 Å². The Morgan fingerprint density at radius 1 is 1.03 bits per heavy atom. The maximum absolute atomic E-state index is 12.8. The predicted octanol–water partition coefficient (Wildman–Crippen LogP) is 6.50. The largest absolute Gasteiger partial charge is 0.310 e. The maximum Gasteiger partial charge on any atom is 0.225 e. The molecule has 0 saturated heterocycles. The number of imidazole rings is 1. The van der Waals surface area contributed by atoms with Crippen molar-refractivity contribution in [1.82, 2.24) is 9.38 Å². The van der Waals surface area contributed by atoms with E-state index in [1.807, 2.05) is 42.6 Å². The molecule has 0 bridgehead atoms. The number of aryl methyl sites for hydroxylation is 3. The van der Waals surface area contributed by atoms with Gasteiger partial charge in [0, 0.05) is 18.2 Å². The highest BCUT2D eigenvalue weighted by Gasteiger charge is 2.18. The quantitative estimate of drug-likeness (QED) is 0.387. The zero-order chi connectivity index (χ0) is 21.3. The summed E-state index contributed by atoms with van der Waals surface area (Å²) in [6.45, 7) is 4.04. The van der Waals surface area contributed by atoms with Gasteiger partial charge in [0.25, 0.3) is 0 Å². The van der Waals surface area contributed by atoms with Crippen molar-refractivity contribution in [2.24, 2.45) is 0 Å². The van der Waals surface area contributed by atoms with Crippen LogP contribution in [-0.4, -0.2) is 15.3 Å². The van der Waals surface area contributed by atoms with Crippen LogP contribution in [0.2, 0.25) is 10.0 Å². The van der Waals surface area contributed by atoms with E-state index in [1.165, 1.54) is 5.56 Å². The van der Waals surface area contributed by atoms with Crippen LogP contribution in [0.25, 0.3) is 16.9 Å². The predicted molar refractivity (Wildman–Crippen MR) is 124 cm³/mol. The van der Waals surface area contributed by atoms with E-state index in [-0.39, 0.29) is 5.91 Å². The van der Waals surface area contributed by atoms with Crippen molar-refractivity contribution in [2.75, 3.05) is 5.32 Å². The molecule has 6 heteroatoms. The first-order valence-corrected chi connectivity index (χ1v) is 10.5. The number of rotatable bonds is 5. The first-order valence-electron chi connectivity index (χ1n) is 9.71. The monoisotopic (exact) mass is 437 g/mol. The van der Waals surface area contributed by atoms with Crippen molar-refractivity contribution >= 4 is 40.6 Å². The topological polar surface area (TPSA) is 46.4 Å². The third kappa shape index (κ3) is 4.20. The second kappa shape index (κ2) is 8.50. The molecule has 4 aromatic rings. The van der Waals surface area contributed by atoms with Gasteiger partial charge in [-0.05, 0) is 49.6 Å². The van der Waals surface area contributed by atoms with Crippen LogP contribution in [0, 0.1) is 13.8 Å². The summed E-state index contributed by atoms with van der Waals surface area (Å²) in [5.41, 5.74) is 5.59. The molecule has 4 rings (SSSR count). The van der Waals surface area contributed by atoms with Crippen LogP contribution in [0.3, 0.4) is 0 Å². The number of aromatic nitrogens is 2. The second-order valence-corrected chi connectivity index (χ2v) is 8.17. The number of fused-ring (bicyclic) bond motifs is 1. The molecule has 0 aliphatic rings. The molecule has 0 radical (unpaired) electrons. The number of carbonyl (C=O) groups excluding carboxylic acids is 1. The maximum atomic E-state index is 12.8. The minimum atomic E-state index is -0.0693. The van der Waals surface area contributed by atoms with Crippen molar-refractivity contribution in [3.8, 4) is 11.3 Å². The highest BCUT2D eigenvalue weighted by atomic mass is 35.5. The van der Waals surface area contributed by atoms with Gasteiger partial charge in [-0.1, -0.05) is 65.2 Å². The average molecular weight is 438 g/mol. The number of amides is 1. The van der Waals surface area contributed by atoms with Gasteiger partial charge >= 0.3 is 0 Å². The fourth-order valence-electron chi connectivity index (χ4n) is 3.38. The van der Waals surface area contributed by atoms with E-state index in [2.05, 4.69) is 29.6 Å². The minimum absolute atomic E-state index is 0.0693. The summed E-state index contributed by atoms with van der Waals surface area (Å²) in [4.78, 5) is 17.6. The number of halogens is 2. The number of nitrogens with zero attached hydrogens (tertiary/aromatic N) is 2. The summed E-state index contributed by atoms with van der Waals surface area (Å²) in [7, 11) is 0. The molecule has 0 atom stereocenters. The summed E-state index contributed by atoms with van der Waals surface area (Å²) < 4.78 is 1.90. The van der Waals surface area contributed by atoms with Gasteiger partial charge < -0.3 is 5.32 Å². The van der Waals surface area contributed by atoms with Gasteiger partial charge in [0.1, 0.15) is 17.2 Å². The number of hydrogen-bond donors (Lipinski definition) is 1. The Morgan fingerprint density at radius 3 is 2.53 bits per heavy atom. The first kappa shape index (κ1) is 20.5. The second-order valence-electron chi connectivity index (χ2n) is 7.36.